The van der Waals surface area contributed by atoms with Crippen LogP contribution >= 0.6 is 0 Å². The molecule has 15 aromatic rings. The van der Waals surface area contributed by atoms with Crippen molar-refractivity contribution >= 4 is 66.7 Å². The number of hydrogen-bond acceptors (Lipinski definition) is 16. The lowest BCUT2D eigenvalue weighted by atomic mass is 9.74. The first-order chi connectivity index (χ1) is 54.0. The highest BCUT2D eigenvalue weighted by Gasteiger charge is 2.39. The minimum absolute atomic E-state index is 0.442. The SMILES string of the molecule is CCN(CC)CC1CC(c2nc(-c3ccc4ccc(-c5ccccc5)nc4c3)c3c(N)nccn23)C1.CN1CCN(CC2CC(c3nc(-c4ccc5ccc(-c6ccccc6)nc5c4)c4c(N)nccn34)C2)CC1.Nc1nccn2c(C3CC(CN4CCCC4)C3)nc(-c3ccc4ccc(-c5ccccc5)nc4c3)c12. The maximum absolute atomic E-state index is 6.44. The van der Waals surface area contributed by atoms with E-state index in [0.717, 1.165) is 178 Å². The lowest BCUT2D eigenvalue weighted by molar-refractivity contribution is 0.104. The van der Waals surface area contributed by atoms with Crippen molar-refractivity contribution in [1.29, 1.82) is 0 Å². The summed E-state index contributed by atoms with van der Waals surface area (Å²) in [4.78, 5) is 53.9. The summed E-state index contributed by atoms with van der Waals surface area (Å²) < 4.78 is 6.51. The van der Waals surface area contributed by atoms with Gasteiger partial charge in [0.1, 0.15) is 68.6 Å². The molecule has 0 radical (unpaired) electrons. The van der Waals surface area contributed by atoms with Gasteiger partial charge in [-0.1, -0.05) is 159 Å². The number of imidazole rings is 3. The van der Waals surface area contributed by atoms with Crippen molar-refractivity contribution in [3.63, 3.8) is 0 Å². The van der Waals surface area contributed by atoms with Gasteiger partial charge in [0.25, 0.3) is 0 Å². The van der Waals surface area contributed by atoms with E-state index in [1.165, 1.54) is 97.4 Å². The Bertz CT molecular complexity index is 5560. The van der Waals surface area contributed by atoms with Crippen molar-refractivity contribution < 1.29 is 0 Å². The minimum atomic E-state index is 0.442. The average Bonchev–Trinajstić information content (AvgIpc) is 1.61. The van der Waals surface area contributed by atoms with E-state index in [4.69, 9.17) is 47.1 Å². The van der Waals surface area contributed by atoms with Crippen molar-refractivity contribution in [3.05, 3.63) is 237 Å². The van der Waals surface area contributed by atoms with Crippen molar-refractivity contribution in [1.82, 2.24) is 77.7 Å². The minimum Gasteiger partial charge on any atom is -0.382 e. The molecular weight excluding hydrogens is 1360 g/mol. The van der Waals surface area contributed by atoms with E-state index in [0.29, 0.717) is 35.2 Å². The van der Waals surface area contributed by atoms with Crippen molar-refractivity contribution in [2.45, 2.75) is 83.0 Å². The molecule has 0 amide bonds. The molecule has 2 aliphatic heterocycles. The molecular formula is C91H95N19. The molecule has 9 aromatic heterocycles. The number of pyridine rings is 3. The van der Waals surface area contributed by atoms with E-state index in [1.54, 1.807) is 18.6 Å². The third-order valence-corrected chi connectivity index (χ3v) is 24.0. The Hall–Kier alpha value is -11.4. The highest BCUT2D eigenvalue weighted by atomic mass is 15.2. The van der Waals surface area contributed by atoms with Crippen LogP contribution < -0.4 is 17.2 Å². The molecule has 0 unspecified atom stereocenters. The van der Waals surface area contributed by atoms with E-state index in [2.05, 4.69) is 196 Å². The number of anilines is 3. The summed E-state index contributed by atoms with van der Waals surface area (Å²) in [6.07, 6.45) is 21.1. The van der Waals surface area contributed by atoms with E-state index in [9.17, 15) is 0 Å². The van der Waals surface area contributed by atoms with Crippen LogP contribution in [0.2, 0.25) is 0 Å². The number of nitrogens with two attached hydrogens (primary N) is 3. The zero-order valence-corrected chi connectivity index (χ0v) is 63.1. The number of rotatable bonds is 17. The van der Waals surface area contributed by atoms with Gasteiger partial charge in [-0.15, -0.1) is 0 Å². The zero-order valence-electron chi connectivity index (χ0n) is 63.1. The molecule has 5 fully saturated rings. The van der Waals surface area contributed by atoms with Gasteiger partial charge >= 0.3 is 0 Å². The van der Waals surface area contributed by atoms with Crippen LogP contribution in [0.1, 0.15) is 100 Å². The van der Waals surface area contributed by atoms with Gasteiger partial charge in [0.2, 0.25) is 0 Å². The Morgan fingerprint density at radius 2 is 0.691 bits per heavy atom. The topological polar surface area (TPSA) is 220 Å². The standard InChI is InChI=1S/C31H33N7.C30H30N6.C30H32N6/c1-36-13-15-37(16-14-36)20-21-17-25(18-21)31-35-28(29-30(32)33-11-12-38(29)31)24-8-7-23-9-10-26(34-27(23)19-24)22-5-3-2-4-6-22;31-29-28-27(23-9-8-22-10-11-25(33-26(22)18-23)21-6-2-1-3-7-21)34-30(36(28)15-12-32-29)24-16-20(17-24)19-35-13-4-5-14-35;1-3-35(4-2)19-20-16-24(17-20)30-34-27(28-29(31)32-14-15-36(28)30)23-11-10-22-12-13-25(33-26(22)18-23)21-8-6-5-7-9-21/h2-12,19,21,25H,13-18,20H2,1H3,(H2,32,33);1-3,6-12,15,18,20,24H,4-5,13-14,16-17,19H2,(H2,31,32);5-15,18,20,24H,3-4,16-17,19H2,1-2H3,(H2,31,32). The molecule has 19 nitrogen and oxygen atoms in total. The summed E-state index contributed by atoms with van der Waals surface area (Å²) in [5.74, 6) is 8.43. The summed E-state index contributed by atoms with van der Waals surface area (Å²) in [6.45, 7) is 17.5. The van der Waals surface area contributed by atoms with Crippen LogP contribution in [0, 0.1) is 17.8 Å². The Labute approximate surface area is 642 Å². The molecule has 20 rings (SSSR count). The number of hydrogen-bond donors (Lipinski definition) is 3. The molecule has 6 aromatic carbocycles. The van der Waals surface area contributed by atoms with Gasteiger partial charge in [-0.3, -0.25) is 13.2 Å². The highest BCUT2D eigenvalue weighted by molar-refractivity contribution is 5.94. The molecule has 11 heterocycles. The summed E-state index contributed by atoms with van der Waals surface area (Å²) in [5, 5.41) is 3.32. The van der Waals surface area contributed by atoms with Crippen molar-refractivity contribution in [2.75, 3.05) is 96.2 Å². The van der Waals surface area contributed by atoms with Crippen molar-refractivity contribution in [2.24, 2.45) is 17.8 Å². The van der Waals surface area contributed by atoms with E-state index in [1.807, 2.05) is 73.2 Å². The largest absolute Gasteiger partial charge is 0.382 e. The first kappa shape index (κ1) is 70.3. The number of benzene rings is 6. The lowest BCUT2D eigenvalue weighted by Crippen LogP contribution is -2.47. The Kier molecular flexibility index (Phi) is 19.6. The maximum Gasteiger partial charge on any atom is 0.150 e. The molecule has 0 spiro atoms. The number of fused-ring (bicyclic) bond motifs is 6. The molecule has 5 aliphatic rings. The third-order valence-electron chi connectivity index (χ3n) is 24.0. The molecule has 0 bridgehead atoms. The quantitative estimate of drug-likeness (QED) is 0.0771. The van der Waals surface area contributed by atoms with Crippen LogP contribution in [-0.4, -0.2) is 157 Å². The van der Waals surface area contributed by atoms with Crippen LogP contribution in [0.25, 0.3) is 117 Å². The third kappa shape index (κ3) is 14.2. The molecule has 2 saturated heterocycles. The van der Waals surface area contributed by atoms with Crippen molar-refractivity contribution in [3.8, 4) is 67.5 Å². The summed E-state index contributed by atoms with van der Waals surface area (Å²) >= 11 is 0. The second-order valence-electron chi connectivity index (χ2n) is 31.2. The smallest absolute Gasteiger partial charge is 0.150 e. The fourth-order valence-corrected chi connectivity index (χ4v) is 17.7. The van der Waals surface area contributed by atoms with Gasteiger partial charge in [-0.2, -0.15) is 0 Å². The van der Waals surface area contributed by atoms with E-state index < -0.39 is 0 Å². The number of nitrogens with zero attached hydrogens (tertiary/aromatic N) is 16. The number of likely N-dealkylation sites (tertiary alicyclic amines) is 1. The van der Waals surface area contributed by atoms with E-state index >= 15 is 0 Å². The van der Waals surface area contributed by atoms with Gasteiger partial charge in [0.05, 0.1) is 33.6 Å². The lowest BCUT2D eigenvalue weighted by Gasteiger charge is -2.40. The second-order valence-corrected chi connectivity index (χ2v) is 31.2. The number of likely N-dealkylation sites (N-methyl/N-ethyl adjacent to an activating group) is 1. The monoisotopic (exact) mass is 1450 g/mol. The Morgan fingerprint density at radius 3 is 1.04 bits per heavy atom. The number of nitrogen functional groups attached to an aromatic ring is 3. The van der Waals surface area contributed by atoms with E-state index in [-0.39, 0.29) is 0 Å². The first-order valence-corrected chi connectivity index (χ1v) is 39.6. The summed E-state index contributed by atoms with van der Waals surface area (Å²) in [5.41, 5.74) is 36.8. The molecule has 19 heteroatoms. The predicted molar refractivity (Wildman–Crippen MR) is 445 cm³/mol. The highest BCUT2D eigenvalue weighted by Crippen LogP contribution is 2.47. The molecule has 554 valence electrons. The fraction of sp³-hybridized carbons (Fsp3) is 0.308. The molecule has 3 saturated carbocycles. The zero-order chi connectivity index (χ0) is 74.3. The summed E-state index contributed by atoms with van der Waals surface area (Å²) in [7, 11) is 2.21. The van der Waals surface area contributed by atoms with Crippen LogP contribution in [0.3, 0.4) is 0 Å². The van der Waals surface area contributed by atoms with Crippen LogP contribution in [-0.2, 0) is 0 Å². The van der Waals surface area contributed by atoms with Gasteiger partial charge in [0.15, 0.2) is 0 Å². The van der Waals surface area contributed by atoms with Gasteiger partial charge in [0, 0.05) is 150 Å². The molecule has 3 aliphatic carbocycles. The Balaban J connectivity index is 0.000000116. The molecule has 0 atom stereocenters. The van der Waals surface area contributed by atoms with Gasteiger partial charge < -0.3 is 36.8 Å². The summed E-state index contributed by atoms with van der Waals surface area (Å²) in [6, 6.07) is 62.7. The fourth-order valence-electron chi connectivity index (χ4n) is 17.7. The van der Waals surface area contributed by atoms with Crippen LogP contribution in [0.4, 0.5) is 17.5 Å². The molecule has 110 heavy (non-hydrogen) atoms. The van der Waals surface area contributed by atoms with Gasteiger partial charge in [-0.05, 0) is 139 Å². The molecule has 6 N–H and O–H groups in total. The first-order valence-electron chi connectivity index (χ1n) is 39.6. The predicted octanol–water partition coefficient (Wildman–Crippen LogP) is 16.7. The average molecular weight is 1450 g/mol. The second kappa shape index (κ2) is 30.6. The number of aromatic nitrogens is 12. The normalized spacial score (nSPS) is 19.5. The van der Waals surface area contributed by atoms with Crippen LogP contribution in [0.15, 0.2) is 219 Å². The number of piperazine rings is 1. The Morgan fingerprint density at radius 1 is 0.364 bits per heavy atom. The van der Waals surface area contributed by atoms with Crippen LogP contribution in [0.5, 0.6) is 0 Å². The van der Waals surface area contributed by atoms with Gasteiger partial charge in [-0.25, -0.2) is 44.9 Å². The maximum atomic E-state index is 6.44.